The average molecular weight is 398 g/mol. The normalized spacial score (nSPS) is 12.8. The molecule has 4 rings (SSSR count). The summed E-state index contributed by atoms with van der Waals surface area (Å²) in [5, 5.41) is 3.03. The SMILES string of the molecule is CCc1cccc(CC)c1NC(=O)c1cccc(N2C(=O)c3ccccc3C2=O)c1. The zero-order chi connectivity index (χ0) is 21.3. The van der Waals surface area contributed by atoms with Crippen molar-refractivity contribution in [1.82, 2.24) is 0 Å². The Kier molecular flexibility index (Phi) is 5.19. The first-order valence-corrected chi connectivity index (χ1v) is 10.0. The third-order valence-corrected chi connectivity index (χ3v) is 5.40. The minimum Gasteiger partial charge on any atom is -0.321 e. The second-order valence-electron chi connectivity index (χ2n) is 7.15. The number of aryl methyl sites for hydroxylation is 2. The van der Waals surface area contributed by atoms with E-state index in [4.69, 9.17) is 0 Å². The van der Waals surface area contributed by atoms with Crippen LogP contribution in [-0.2, 0) is 12.8 Å². The lowest BCUT2D eigenvalue weighted by Gasteiger charge is -2.17. The van der Waals surface area contributed by atoms with Crippen molar-refractivity contribution in [3.63, 3.8) is 0 Å². The molecule has 1 aliphatic rings. The molecule has 0 aliphatic carbocycles. The van der Waals surface area contributed by atoms with Crippen LogP contribution < -0.4 is 10.2 Å². The lowest BCUT2D eigenvalue weighted by atomic mass is 10.0. The molecule has 3 amide bonds. The third kappa shape index (κ3) is 3.28. The fourth-order valence-corrected chi connectivity index (χ4v) is 3.80. The third-order valence-electron chi connectivity index (χ3n) is 5.40. The Labute approximate surface area is 175 Å². The van der Waals surface area contributed by atoms with Crippen molar-refractivity contribution >= 4 is 29.1 Å². The molecule has 1 N–H and O–H groups in total. The van der Waals surface area contributed by atoms with Gasteiger partial charge in [0.05, 0.1) is 16.8 Å². The summed E-state index contributed by atoms with van der Waals surface area (Å²) in [7, 11) is 0. The lowest BCUT2D eigenvalue weighted by molar-refractivity contribution is 0.0924. The summed E-state index contributed by atoms with van der Waals surface area (Å²) in [6.45, 7) is 4.10. The Morgan fingerprint density at radius 2 is 1.37 bits per heavy atom. The molecule has 5 nitrogen and oxygen atoms in total. The van der Waals surface area contributed by atoms with E-state index < -0.39 is 0 Å². The Hall–Kier alpha value is -3.73. The van der Waals surface area contributed by atoms with Gasteiger partial charge in [0.25, 0.3) is 17.7 Å². The number of hydrogen-bond acceptors (Lipinski definition) is 3. The van der Waals surface area contributed by atoms with Gasteiger partial charge in [-0.25, -0.2) is 4.90 Å². The maximum Gasteiger partial charge on any atom is 0.266 e. The molecule has 30 heavy (non-hydrogen) atoms. The quantitative estimate of drug-likeness (QED) is 0.624. The summed E-state index contributed by atoms with van der Waals surface area (Å²) in [5.41, 5.74) is 4.49. The lowest BCUT2D eigenvalue weighted by Crippen LogP contribution is -2.29. The minimum absolute atomic E-state index is 0.274. The summed E-state index contributed by atoms with van der Waals surface area (Å²) in [6.07, 6.45) is 1.61. The fourth-order valence-electron chi connectivity index (χ4n) is 3.80. The molecule has 1 heterocycles. The summed E-state index contributed by atoms with van der Waals surface area (Å²) >= 11 is 0. The number of benzene rings is 3. The molecular formula is C25H22N2O3. The van der Waals surface area contributed by atoms with Crippen LogP contribution in [0.2, 0.25) is 0 Å². The van der Waals surface area contributed by atoms with Gasteiger partial charge >= 0.3 is 0 Å². The van der Waals surface area contributed by atoms with E-state index in [9.17, 15) is 14.4 Å². The number of imide groups is 1. The topological polar surface area (TPSA) is 66.5 Å². The highest BCUT2D eigenvalue weighted by Gasteiger charge is 2.36. The maximum absolute atomic E-state index is 13.0. The van der Waals surface area contributed by atoms with E-state index in [1.165, 1.54) is 0 Å². The van der Waals surface area contributed by atoms with Gasteiger partial charge in [-0.1, -0.05) is 50.2 Å². The minimum atomic E-state index is -0.377. The molecule has 150 valence electrons. The summed E-state index contributed by atoms with van der Waals surface area (Å²) < 4.78 is 0. The van der Waals surface area contributed by atoms with Crippen LogP contribution in [0.25, 0.3) is 0 Å². The van der Waals surface area contributed by atoms with Crippen LogP contribution in [0.4, 0.5) is 11.4 Å². The number of anilines is 2. The van der Waals surface area contributed by atoms with E-state index in [0.717, 1.165) is 34.6 Å². The number of carbonyl (C=O) groups is 3. The number of hydrogen-bond donors (Lipinski definition) is 1. The summed E-state index contributed by atoms with van der Waals surface area (Å²) in [6, 6.07) is 19.3. The van der Waals surface area contributed by atoms with Crippen molar-refractivity contribution in [3.8, 4) is 0 Å². The Balaban J connectivity index is 1.65. The van der Waals surface area contributed by atoms with Crippen LogP contribution in [0.1, 0.15) is 56.0 Å². The Bertz CT molecular complexity index is 1110. The molecule has 1 aliphatic heterocycles. The number of para-hydroxylation sites is 1. The fraction of sp³-hybridized carbons (Fsp3) is 0.160. The molecule has 0 unspecified atom stereocenters. The standard InChI is InChI=1S/C25H22N2O3/c1-3-16-9-7-10-17(4-2)22(16)26-23(28)18-11-8-12-19(15-18)27-24(29)20-13-5-6-14-21(20)25(27)30/h5-15H,3-4H2,1-2H3,(H,26,28). The van der Waals surface area contributed by atoms with E-state index in [2.05, 4.69) is 5.32 Å². The zero-order valence-corrected chi connectivity index (χ0v) is 16.9. The average Bonchev–Trinajstić information content (AvgIpc) is 3.04. The van der Waals surface area contributed by atoms with Gasteiger partial charge in [-0.3, -0.25) is 14.4 Å². The van der Waals surface area contributed by atoms with E-state index >= 15 is 0 Å². The van der Waals surface area contributed by atoms with Crippen LogP contribution in [0, 0.1) is 0 Å². The van der Waals surface area contributed by atoms with Crippen LogP contribution in [0.15, 0.2) is 66.7 Å². The van der Waals surface area contributed by atoms with E-state index in [1.54, 1.807) is 48.5 Å². The summed E-state index contributed by atoms with van der Waals surface area (Å²) in [4.78, 5) is 39.6. The van der Waals surface area contributed by atoms with Gasteiger partial charge in [-0.05, 0) is 54.3 Å². The molecule has 0 atom stereocenters. The van der Waals surface area contributed by atoms with Crippen molar-refractivity contribution in [2.45, 2.75) is 26.7 Å². The predicted molar refractivity (Wildman–Crippen MR) is 117 cm³/mol. The van der Waals surface area contributed by atoms with Gasteiger partial charge in [-0.2, -0.15) is 0 Å². The molecule has 0 spiro atoms. The molecule has 0 aromatic heterocycles. The largest absolute Gasteiger partial charge is 0.321 e. The van der Waals surface area contributed by atoms with Crippen LogP contribution >= 0.6 is 0 Å². The van der Waals surface area contributed by atoms with Crippen molar-refractivity contribution in [3.05, 3.63) is 94.5 Å². The molecule has 0 bridgehead atoms. The number of fused-ring (bicyclic) bond motifs is 1. The van der Waals surface area contributed by atoms with Crippen molar-refractivity contribution in [2.24, 2.45) is 0 Å². The molecule has 3 aromatic carbocycles. The molecule has 0 saturated heterocycles. The highest BCUT2D eigenvalue weighted by Crippen LogP contribution is 2.29. The van der Waals surface area contributed by atoms with Gasteiger partial charge in [0, 0.05) is 11.3 Å². The molecular weight excluding hydrogens is 376 g/mol. The van der Waals surface area contributed by atoms with Crippen molar-refractivity contribution in [1.29, 1.82) is 0 Å². The van der Waals surface area contributed by atoms with Crippen LogP contribution in [0.3, 0.4) is 0 Å². The highest BCUT2D eigenvalue weighted by atomic mass is 16.2. The van der Waals surface area contributed by atoms with Gasteiger partial charge in [0.2, 0.25) is 0 Å². The Morgan fingerprint density at radius 3 is 1.93 bits per heavy atom. The van der Waals surface area contributed by atoms with E-state index in [-0.39, 0.29) is 17.7 Å². The maximum atomic E-state index is 13.0. The van der Waals surface area contributed by atoms with Gasteiger partial charge in [0.1, 0.15) is 0 Å². The van der Waals surface area contributed by atoms with Crippen LogP contribution in [0.5, 0.6) is 0 Å². The van der Waals surface area contributed by atoms with E-state index in [1.807, 2.05) is 32.0 Å². The van der Waals surface area contributed by atoms with Crippen LogP contribution in [-0.4, -0.2) is 17.7 Å². The Morgan fingerprint density at radius 1 is 0.800 bits per heavy atom. The number of amides is 3. The first-order chi connectivity index (χ1) is 14.5. The van der Waals surface area contributed by atoms with Gasteiger partial charge in [-0.15, -0.1) is 0 Å². The second kappa shape index (κ2) is 7.95. The number of nitrogens with one attached hydrogen (secondary N) is 1. The smallest absolute Gasteiger partial charge is 0.266 e. The molecule has 0 fully saturated rings. The number of carbonyl (C=O) groups excluding carboxylic acids is 3. The highest BCUT2D eigenvalue weighted by molar-refractivity contribution is 6.34. The van der Waals surface area contributed by atoms with E-state index in [0.29, 0.717) is 22.4 Å². The molecule has 0 radical (unpaired) electrons. The second-order valence-corrected chi connectivity index (χ2v) is 7.15. The first-order valence-electron chi connectivity index (χ1n) is 10.0. The molecule has 0 saturated carbocycles. The monoisotopic (exact) mass is 398 g/mol. The number of rotatable bonds is 5. The van der Waals surface area contributed by atoms with Crippen molar-refractivity contribution < 1.29 is 14.4 Å². The predicted octanol–water partition coefficient (Wildman–Crippen LogP) is 4.86. The van der Waals surface area contributed by atoms with Crippen molar-refractivity contribution in [2.75, 3.05) is 10.2 Å². The molecule has 3 aromatic rings. The first kappa shape index (κ1) is 19.6. The number of nitrogens with zero attached hydrogens (tertiary/aromatic N) is 1. The zero-order valence-electron chi connectivity index (χ0n) is 16.9. The van der Waals surface area contributed by atoms with Gasteiger partial charge in [0.15, 0.2) is 0 Å². The van der Waals surface area contributed by atoms with Gasteiger partial charge < -0.3 is 5.32 Å². The summed E-state index contributed by atoms with van der Waals surface area (Å²) in [5.74, 6) is -1.03. The molecule has 5 heteroatoms.